The minimum atomic E-state index is -0.445. The molecule has 96 valence electrons. The Morgan fingerprint density at radius 2 is 1.65 bits per heavy atom. The van der Waals surface area contributed by atoms with Gasteiger partial charge in [-0.05, 0) is 44.4 Å². The molecule has 1 nitrogen and oxygen atoms in total. The van der Waals surface area contributed by atoms with Crippen molar-refractivity contribution in [3.8, 4) is 0 Å². The molecular formula is C14H21F2N. The van der Waals surface area contributed by atoms with Gasteiger partial charge in [0.05, 0.1) is 0 Å². The summed E-state index contributed by atoms with van der Waals surface area (Å²) in [5, 5.41) is 3.16. The zero-order chi connectivity index (χ0) is 13.0. The summed E-state index contributed by atoms with van der Waals surface area (Å²) in [6, 6.07) is 4.27. The lowest BCUT2D eigenvalue weighted by Crippen LogP contribution is -2.35. The zero-order valence-electron chi connectivity index (χ0n) is 10.9. The van der Waals surface area contributed by atoms with E-state index >= 15 is 0 Å². The predicted molar refractivity (Wildman–Crippen MR) is 66.9 cm³/mol. The number of hydrogen-bond donors (Lipinski definition) is 1. The van der Waals surface area contributed by atoms with Gasteiger partial charge in [-0.3, -0.25) is 0 Å². The van der Waals surface area contributed by atoms with E-state index in [1.165, 1.54) is 18.2 Å². The average molecular weight is 241 g/mol. The van der Waals surface area contributed by atoms with Crippen molar-refractivity contribution < 1.29 is 8.78 Å². The Balaban J connectivity index is 2.94. The van der Waals surface area contributed by atoms with Crippen molar-refractivity contribution in [1.29, 1.82) is 0 Å². The fourth-order valence-corrected chi connectivity index (χ4v) is 2.17. The molecule has 2 unspecified atom stereocenters. The smallest absolute Gasteiger partial charge is 0.129 e. The van der Waals surface area contributed by atoms with Gasteiger partial charge in [-0.1, -0.05) is 19.9 Å². The van der Waals surface area contributed by atoms with Gasteiger partial charge < -0.3 is 5.32 Å². The van der Waals surface area contributed by atoms with Crippen LogP contribution in [0.5, 0.6) is 0 Å². The first-order valence-corrected chi connectivity index (χ1v) is 6.07. The van der Waals surface area contributed by atoms with Gasteiger partial charge >= 0.3 is 0 Å². The molecule has 0 amide bonds. The van der Waals surface area contributed by atoms with Crippen LogP contribution in [-0.2, 0) is 6.42 Å². The van der Waals surface area contributed by atoms with E-state index in [4.69, 9.17) is 0 Å². The Kier molecular flexibility index (Phi) is 5.06. The molecule has 0 aliphatic carbocycles. The molecule has 17 heavy (non-hydrogen) atoms. The highest BCUT2D eigenvalue weighted by molar-refractivity contribution is 5.20. The summed E-state index contributed by atoms with van der Waals surface area (Å²) in [4.78, 5) is 0. The maximum atomic E-state index is 13.6. The maximum Gasteiger partial charge on any atom is 0.129 e. The second-order valence-electron chi connectivity index (χ2n) is 4.89. The highest BCUT2D eigenvalue weighted by atomic mass is 19.1. The van der Waals surface area contributed by atoms with Crippen LogP contribution in [0.1, 0.15) is 26.3 Å². The summed E-state index contributed by atoms with van der Waals surface area (Å²) < 4.78 is 27.2. The first kappa shape index (κ1) is 14.1. The molecule has 1 rings (SSSR count). The van der Waals surface area contributed by atoms with E-state index < -0.39 is 11.6 Å². The summed E-state index contributed by atoms with van der Waals surface area (Å²) in [5.74, 6) is -0.305. The Hall–Kier alpha value is -0.960. The van der Waals surface area contributed by atoms with Crippen LogP contribution in [-0.4, -0.2) is 13.1 Å². The number of rotatable bonds is 5. The third-order valence-corrected chi connectivity index (χ3v) is 3.46. The molecule has 0 fully saturated rings. The summed E-state index contributed by atoms with van der Waals surface area (Å²) in [7, 11) is 1.87. The van der Waals surface area contributed by atoms with Gasteiger partial charge in [0, 0.05) is 11.6 Å². The average Bonchev–Trinajstić information content (AvgIpc) is 2.27. The monoisotopic (exact) mass is 241 g/mol. The first-order valence-electron chi connectivity index (χ1n) is 6.07. The van der Waals surface area contributed by atoms with Crippen molar-refractivity contribution in [2.45, 2.75) is 33.2 Å². The van der Waals surface area contributed by atoms with Crippen LogP contribution in [0, 0.1) is 23.5 Å². The summed E-state index contributed by atoms with van der Waals surface area (Å²) in [5.41, 5.74) is 0.202. The molecular weight excluding hydrogens is 220 g/mol. The van der Waals surface area contributed by atoms with Gasteiger partial charge in [0.15, 0.2) is 0 Å². The van der Waals surface area contributed by atoms with Crippen LogP contribution < -0.4 is 5.32 Å². The lowest BCUT2D eigenvalue weighted by atomic mass is 9.84. The molecule has 0 heterocycles. The molecule has 1 aromatic rings. The van der Waals surface area contributed by atoms with Crippen LogP contribution in [0.3, 0.4) is 0 Å². The zero-order valence-corrected chi connectivity index (χ0v) is 10.9. The number of halogens is 2. The highest BCUT2D eigenvalue weighted by Gasteiger charge is 2.23. The van der Waals surface area contributed by atoms with Gasteiger partial charge in [-0.15, -0.1) is 0 Å². The second-order valence-corrected chi connectivity index (χ2v) is 4.89. The number of hydrogen-bond acceptors (Lipinski definition) is 1. The Bertz CT molecular complexity index is 343. The molecule has 2 atom stereocenters. The highest BCUT2D eigenvalue weighted by Crippen LogP contribution is 2.24. The predicted octanol–water partition coefficient (Wildman–Crippen LogP) is 3.39. The molecule has 0 aliphatic heterocycles. The van der Waals surface area contributed by atoms with Crippen molar-refractivity contribution in [3.63, 3.8) is 0 Å². The molecule has 0 radical (unpaired) electrons. The Labute approximate surface area is 102 Å². The lowest BCUT2D eigenvalue weighted by molar-refractivity contribution is 0.294. The summed E-state index contributed by atoms with van der Waals surface area (Å²) in [6.45, 7) is 6.21. The van der Waals surface area contributed by atoms with E-state index in [1.54, 1.807) is 0 Å². The van der Waals surface area contributed by atoms with E-state index in [1.807, 2.05) is 14.0 Å². The van der Waals surface area contributed by atoms with Crippen molar-refractivity contribution in [1.82, 2.24) is 5.32 Å². The second kappa shape index (κ2) is 6.10. The first-order chi connectivity index (χ1) is 7.97. The van der Waals surface area contributed by atoms with Gasteiger partial charge in [0.25, 0.3) is 0 Å². The maximum absolute atomic E-state index is 13.6. The van der Waals surface area contributed by atoms with Crippen LogP contribution in [0.25, 0.3) is 0 Å². The largest absolute Gasteiger partial charge is 0.317 e. The van der Waals surface area contributed by atoms with Crippen LogP contribution in [0.4, 0.5) is 8.78 Å². The van der Waals surface area contributed by atoms with Crippen LogP contribution in [0.15, 0.2) is 18.2 Å². The molecule has 3 heteroatoms. The van der Waals surface area contributed by atoms with Gasteiger partial charge in [-0.25, -0.2) is 8.78 Å². The molecule has 1 N–H and O–H groups in total. The van der Waals surface area contributed by atoms with E-state index in [2.05, 4.69) is 19.2 Å². The summed E-state index contributed by atoms with van der Waals surface area (Å²) >= 11 is 0. The Morgan fingerprint density at radius 1 is 1.12 bits per heavy atom. The quantitative estimate of drug-likeness (QED) is 0.833. The third-order valence-electron chi connectivity index (χ3n) is 3.46. The van der Waals surface area contributed by atoms with Gasteiger partial charge in [-0.2, -0.15) is 0 Å². The summed E-state index contributed by atoms with van der Waals surface area (Å²) in [6.07, 6.45) is 0.429. The molecule has 0 saturated carbocycles. The third kappa shape index (κ3) is 3.50. The minimum Gasteiger partial charge on any atom is -0.317 e. The van der Waals surface area contributed by atoms with Crippen molar-refractivity contribution in [2.75, 3.05) is 7.05 Å². The topological polar surface area (TPSA) is 12.0 Å². The van der Waals surface area contributed by atoms with Crippen molar-refractivity contribution in [3.05, 3.63) is 35.4 Å². The lowest BCUT2D eigenvalue weighted by Gasteiger charge is -2.27. The van der Waals surface area contributed by atoms with Gasteiger partial charge in [0.2, 0.25) is 0 Å². The normalized spacial score (nSPS) is 15.0. The SMILES string of the molecule is CNC(C)C(Cc1c(F)cccc1F)C(C)C. The van der Waals surface area contributed by atoms with Gasteiger partial charge in [0.1, 0.15) is 11.6 Å². The van der Waals surface area contributed by atoms with E-state index in [0.29, 0.717) is 12.3 Å². The number of benzene rings is 1. The van der Waals surface area contributed by atoms with E-state index in [0.717, 1.165) is 0 Å². The fraction of sp³-hybridized carbons (Fsp3) is 0.571. The molecule has 0 aliphatic rings. The van der Waals surface area contributed by atoms with Crippen LogP contribution in [0.2, 0.25) is 0 Å². The molecule has 0 saturated heterocycles. The minimum absolute atomic E-state index is 0.202. The molecule has 0 aromatic heterocycles. The van der Waals surface area contributed by atoms with Crippen LogP contribution >= 0.6 is 0 Å². The number of nitrogens with one attached hydrogen (secondary N) is 1. The molecule has 0 bridgehead atoms. The van der Waals surface area contributed by atoms with Crippen molar-refractivity contribution >= 4 is 0 Å². The molecule has 0 spiro atoms. The Morgan fingerprint density at radius 3 is 2.06 bits per heavy atom. The van der Waals surface area contributed by atoms with Crippen molar-refractivity contribution in [2.24, 2.45) is 11.8 Å². The standard InChI is InChI=1S/C14H21F2N/c1-9(2)11(10(3)17-4)8-12-13(15)6-5-7-14(12)16/h5-7,9-11,17H,8H2,1-4H3. The van der Waals surface area contributed by atoms with E-state index in [-0.39, 0.29) is 17.5 Å². The van der Waals surface area contributed by atoms with E-state index in [9.17, 15) is 8.78 Å². The molecule has 1 aromatic carbocycles. The fourth-order valence-electron chi connectivity index (χ4n) is 2.17.